The van der Waals surface area contributed by atoms with Crippen LogP contribution in [-0.4, -0.2) is 16.2 Å². The van der Waals surface area contributed by atoms with Gasteiger partial charge < -0.3 is 9.30 Å². The van der Waals surface area contributed by atoms with Crippen LogP contribution in [0.5, 0.6) is 5.75 Å². The van der Waals surface area contributed by atoms with Crippen molar-refractivity contribution in [3.8, 4) is 5.75 Å². The topological polar surface area (TPSA) is 27.1 Å². The molecule has 1 aromatic carbocycles. The van der Waals surface area contributed by atoms with E-state index in [2.05, 4.69) is 4.98 Å². The first-order valence-corrected chi connectivity index (χ1v) is 5.52. The quantitative estimate of drug-likeness (QED) is 0.812. The Hall–Kier alpha value is -1.84. The van der Waals surface area contributed by atoms with Gasteiger partial charge in [-0.1, -0.05) is 0 Å². The van der Waals surface area contributed by atoms with E-state index in [-0.39, 0.29) is 5.82 Å². The van der Waals surface area contributed by atoms with Gasteiger partial charge in [0.25, 0.3) is 0 Å². The van der Waals surface area contributed by atoms with E-state index in [0.29, 0.717) is 6.61 Å². The fourth-order valence-corrected chi connectivity index (χ4v) is 1.66. The molecule has 0 saturated heterocycles. The van der Waals surface area contributed by atoms with Crippen LogP contribution in [-0.2, 0) is 13.5 Å². The number of imidazole rings is 1. The van der Waals surface area contributed by atoms with E-state index >= 15 is 0 Å². The summed E-state index contributed by atoms with van der Waals surface area (Å²) < 4.78 is 20.4. The maximum absolute atomic E-state index is 12.9. The van der Waals surface area contributed by atoms with Crippen LogP contribution in [0.1, 0.15) is 11.4 Å². The van der Waals surface area contributed by atoms with E-state index in [9.17, 15) is 4.39 Å². The Labute approximate surface area is 99.9 Å². The first-order valence-electron chi connectivity index (χ1n) is 5.52. The molecule has 3 nitrogen and oxygen atoms in total. The molecule has 0 bridgehead atoms. The standard InChI is InChI=1S/C13H15FN2O/c1-10-9-11(14)3-4-12(10)17-8-5-13-15-6-7-16(13)2/h3-4,6-7,9H,5,8H2,1-2H3. The van der Waals surface area contributed by atoms with E-state index in [4.69, 9.17) is 4.74 Å². The van der Waals surface area contributed by atoms with Crippen LogP contribution in [0.25, 0.3) is 0 Å². The van der Waals surface area contributed by atoms with Gasteiger partial charge in [-0.25, -0.2) is 9.37 Å². The lowest BCUT2D eigenvalue weighted by Gasteiger charge is -2.08. The predicted octanol–water partition coefficient (Wildman–Crippen LogP) is 2.49. The molecule has 0 saturated carbocycles. The number of ether oxygens (including phenoxy) is 1. The lowest BCUT2D eigenvalue weighted by atomic mass is 10.2. The van der Waals surface area contributed by atoms with Gasteiger partial charge in [0.15, 0.2) is 0 Å². The van der Waals surface area contributed by atoms with Crippen LogP contribution in [0.15, 0.2) is 30.6 Å². The largest absolute Gasteiger partial charge is 0.493 e. The number of benzene rings is 1. The molecular formula is C13H15FN2O. The van der Waals surface area contributed by atoms with Gasteiger partial charge in [-0.2, -0.15) is 0 Å². The highest BCUT2D eigenvalue weighted by Crippen LogP contribution is 2.18. The summed E-state index contributed by atoms with van der Waals surface area (Å²) in [5.74, 6) is 1.46. The Morgan fingerprint density at radius 1 is 1.41 bits per heavy atom. The predicted molar refractivity (Wildman–Crippen MR) is 63.5 cm³/mol. The summed E-state index contributed by atoms with van der Waals surface area (Å²) in [5.41, 5.74) is 0.810. The highest BCUT2D eigenvalue weighted by molar-refractivity contribution is 5.32. The third-order valence-electron chi connectivity index (χ3n) is 2.64. The van der Waals surface area contributed by atoms with Crippen molar-refractivity contribution in [1.29, 1.82) is 0 Å². The maximum Gasteiger partial charge on any atom is 0.123 e. The Morgan fingerprint density at radius 2 is 2.24 bits per heavy atom. The number of halogens is 1. The van der Waals surface area contributed by atoms with E-state index in [1.807, 2.05) is 24.7 Å². The molecule has 0 spiro atoms. The SMILES string of the molecule is Cc1cc(F)ccc1OCCc1nccn1C. The zero-order valence-electron chi connectivity index (χ0n) is 9.98. The molecule has 0 aliphatic rings. The van der Waals surface area contributed by atoms with Gasteiger partial charge in [0.2, 0.25) is 0 Å². The molecule has 0 aliphatic carbocycles. The Morgan fingerprint density at radius 3 is 2.88 bits per heavy atom. The Bertz CT molecular complexity index is 508. The van der Waals surface area contributed by atoms with Crippen molar-refractivity contribution >= 4 is 0 Å². The van der Waals surface area contributed by atoms with Gasteiger partial charge in [-0.3, -0.25) is 0 Å². The van der Waals surface area contributed by atoms with Crippen LogP contribution in [0.4, 0.5) is 4.39 Å². The van der Waals surface area contributed by atoms with Crippen molar-refractivity contribution < 1.29 is 9.13 Å². The summed E-state index contributed by atoms with van der Waals surface area (Å²) in [6, 6.07) is 4.53. The van der Waals surface area contributed by atoms with Gasteiger partial charge in [-0.15, -0.1) is 0 Å². The third-order valence-corrected chi connectivity index (χ3v) is 2.64. The smallest absolute Gasteiger partial charge is 0.123 e. The first-order chi connectivity index (χ1) is 8.16. The second-order valence-corrected chi connectivity index (χ2v) is 3.96. The van der Waals surface area contributed by atoms with Crippen LogP contribution in [0.2, 0.25) is 0 Å². The average molecular weight is 234 g/mol. The van der Waals surface area contributed by atoms with Crippen molar-refractivity contribution in [2.75, 3.05) is 6.61 Å². The Kier molecular flexibility index (Phi) is 3.42. The highest BCUT2D eigenvalue weighted by atomic mass is 19.1. The number of hydrogen-bond acceptors (Lipinski definition) is 2. The monoisotopic (exact) mass is 234 g/mol. The Balaban J connectivity index is 1.92. The summed E-state index contributed by atoms with van der Waals surface area (Å²) in [4.78, 5) is 4.21. The number of rotatable bonds is 4. The van der Waals surface area contributed by atoms with Crippen LogP contribution >= 0.6 is 0 Å². The van der Waals surface area contributed by atoms with Crippen LogP contribution in [0.3, 0.4) is 0 Å². The maximum atomic E-state index is 12.9. The summed E-state index contributed by atoms with van der Waals surface area (Å²) in [6.07, 6.45) is 4.40. The molecule has 0 fully saturated rings. The molecule has 1 heterocycles. The van der Waals surface area contributed by atoms with Crippen LogP contribution < -0.4 is 4.74 Å². The molecule has 2 rings (SSSR count). The molecular weight excluding hydrogens is 219 g/mol. The molecule has 4 heteroatoms. The van der Waals surface area contributed by atoms with Crippen molar-refractivity contribution in [3.05, 3.63) is 47.8 Å². The minimum atomic E-state index is -0.237. The molecule has 0 atom stereocenters. The molecule has 0 unspecified atom stereocenters. The van der Waals surface area contributed by atoms with E-state index in [1.54, 1.807) is 12.3 Å². The zero-order chi connectivity index (χ0) is 12.3. The summed E-state index contributed by atoms with van der Waals surface area (Å²) in [5, 5.41) is 0. The lowest BCUT2D eigenvalue weighted by Crippen LogP contribution is -2.06. The number of nitrogens with zero attached hydrogens (tertiary/aromatic N) is 2. The number of aryl methyl sites for hydroxylation is 2. The van der Waals surface area contributed by atoms with Gasteiger partial charge in [-0.05, 0) is 30.7 Å². The number of aromatic nitrogens is 2. The van der Waals surface area contributed by atoms with Crippen molar-refractivity contribution in [3.63, 3.8) is 0 Å². The minimum Gasteiger partial charge on any atom is -0.493 e. The zero-order valence-corrected chi connectivity index (χ0v) is 9.98. The fraction of sp³-hybridized carbons (Fsp3) is 0.308. The van der Waals surface area contributed by atoms with E-state index in [0.717, 1.165) is 23.6 Å². The second kappa shape index (κ2) is 4.99. The molecule has 90 valence electrons. The molecule has 0 N–H and O–H groups in total. The second-order valence-electron chi connectivity index (χ2n) is 3.96. The first kappa shape index (κ1) is 11.6. The highest BCUT2D eigenvalue weighted by Gasteiger charge is 2.03. The van der Waals surface area contributed by atoms with E-state index < -0.39 is 0 Å². The molecule has 0 amide bonds. The summed E-state index contributed by atoms with van der Waals surface area (Å²) in [7, 11) is 1.95. The normalized spacial score (nSPS) is 10.5. The average Bonchev–Trinajstić information content (AvgIpc) is 2.68. The molecule has 0 radical (unpaired) electrons. The molecule has 2 aromatic rings. The number of hydrogen-bond donors (Lipinski definition) is 0. The van der Waals surface area contributed by atoms with Gasteiger partial charge in [0.05, 0.1) is 6.61 Å². The van der Waals surface area contributed by atoms with E-state index in [1.165, 1.54) is 12.1 Å². The van der Waals surface area contributed by atoms with Crippen LogP contribution in [0, 0.1) is 12.7 Å². The third kappa shape index (κ3) is 2.84. The molecule has 17 heavy (non-hydrogen) atoms. The minimum absolute atomic E-state index is 0.237. The molecule has 1 aromatic heterocycles. The fourth-order valence-electron chi connectivity index (χ4n) is 1.66. The summed E-state index contributed by atoms with van der Waals surface area (Å²) >= 11 is 0. The van der Waals surface area contributed by atoms with Gasteiger partial charge in [0, 0.05) is 25.9 Å². The van der Waals surface area contributed by atoms with Crippen molar-refractivity contribution in [2.45, 2.75) is 13.3 Å². The van der Waals surface area contributed by atoms with Gasteiger partial charge in [0.1, 0.15) is 17.4 Å². The lowest BCUT2D eigenvalue weighted by molar-refractivity contribution is 0.315. The van der Waals surface area contributed by atoms with Gasteiger partial charge >= 0.3 is 0 Å². The summed E-state index contributed by atoms with van der Waals surface area (Å²) in [6.45, 7) is 2.37. The molecule has 0 aliphatic heterocycles. The van der Waals surface area contributed by atoms with Crippen molar-refractivity contribution in [1.82, 2.24) is 9.55 Å². The van der Waals surface area contributed by atoms with Crippen molar-refractivity contribution in [2.24, 2.45) is 7.05 Å².